The van der Waals surface area contributed by atoms with Gasteiger partial charge < -0.3 is 19.8 Å². The number of aromatic carboxylic acids is 2. The Hall–Kier alpha value is -1.76. The molecule has 0 unspecified atom stereocenters. The summed E-state index contributed by atoms with van der Waals surface area (Å²) < 4.78 is 0. The van der Waals surface area contributed by atoms with Crippen LogP contribution in [0.4, 0.5) is 0 Å². The Bertz CT molecular complexity index is 639. The first-order chi connectivity index (χ1) is 12.8. The first-order valence-corrected chi connectivity index (χ1v) is 15.6. The van der Waals surface area contributed by atoms with Crippen molar-refractivity contribution >= 4 is 26.5 Å². The molecule has 0 aliphatic rings. The zero-order valence-corrected chi connectivity index (χ0v) is 19.5. The Balaban J connectivity index is 0.000000391. The first kappa shape index (κ1) is 26.2. The number of rotatable bonds is 5. The van der Waals surface area contributed by atoms with Gasteiger partial charge >= 0.3 is 0 Å². The molecule has 0 radical (unpaired) electrons. The van der Waals surface area contributed by atoms with E-state index in [1.54, 1.807) is 36.4 Å². The van der Waals surface area contributed by atoms with Crippen LogP contribution in [0.25, 0.3) is 0 Å². The second-order valence-electron chi connectivity index (χ2n) is 8.33. The van der Waals surface area contributed by atoms with Gasteiger partial charge in [-0.1, -0.05) is 60.7 Å². The summed E-state index contributed by atoms with van der Waals surface area (Å²) in [6, 6.07) is 16.1. The van der Waals surface area contributed by atoms with Crippen LogP contribution in [0.5, 0.6) is 0 Å². The number of hydrogen-bond donors (Lipinski definition) is 0. The molecular formula is C22H32O4P2. The second-order valence-corrected chi connectivity index (χ2v) is 18.4. The van der Waals surface area contributed by atoms with Crippen molar-refractivity contribution in [1.82, 2.24) is 0 Å². The highest BCUT2D eigenvalue weighted by atomic mass is 31.2. The van der Waals surface area contributed by atoms with Crippen molar-refractivity contribution in [3.05, 3.63) is 71.8 Å². The number of carboxylic acid groups (broad SMARTS) is 2. The van der Waals surface area contributed by atoms with Crippen molar-refractivity contribution in [3.8, 4) is 0 Å². The average molecular weight is 422 g/mol. The van der Waals surface area contributed by atoms with Crippen molar-refractivity contribution in [1.29, 1.82) is 0 Å². The standard InChI is InChI=1S/C8H22P2.2C7H6O2/c1-9(2,3)7-8-10(4,5)6;2*8-7(9)6-4-2-1-3-5-6/h7-8H2,1-6H3;2*1-5H,(H,8,9)/q+2;;/p-2. The summed E-state index contributed by atoms with van der Waals surface area (Å²) in [5, 5.41) is 20.2. The van der Waals surface area contributed by atoms with Crippen LogP contribution in [0.1, 0.15) is 20.7 Å². The second kappa shape index (κ2) is 12.6. The molecule has 0 bridgehead atoms. The van der Waals surface area contributed by atoms with Gasteiger partial charge in [0.15, 0.2) is 0 Å². The van der Waals surface area contributed by atoms with Gasteiger partial charge in [0.05, 0.1) is 24.3 Å². The molecule has 28 heavy (non-hydrogen) atoms. The van der Waals surface area contributed by atoms with Gasteiger partial charge in [0.2, 0.25) is 0 Å². The van der Waals surface area contributed by atoms with Gasteiger partial charge in [-0.05, 0) is 11.1 Å². The van der Waals surface area contributed by atoms with Crippen LogP contribution in [0.3, 0.4) is 0 Å². The Morgan fingerprint density at radius 1 is 0.607 bits per heavy atom. The molecule has 154 valence electrons. The SMILES string of the molecule is C[P+](C)(C)CC[P+](C)(C)C.O=C([O-])c1ccccc1.O=C([O-])c1ccccc1. The molecule has 0 N–H and O–H groups in total. The Morgan fingerprint density at radius 2 is 0.857 bits per heavy atom. The zero-order valence-electron chi connectivity index (χ0n) is 17.7. The molecule has 4 nitrogen and oxygen atoms in total. The zero-order chi connectivity index (χ0) is 21.8. The Kier molecular flexibility index (Phi) is 11.9. The molecule has 0 atom stereocenters. The summed E-state index contributed by atoms with van der Waals surface area (Å²) in [5.41, 5.74) is 0.440. The highest BCUT2D eigenvalue weighted by Gasteiger charge is 2.25. The van der Waals surface area contributed by atoms with E-state index in [1.165, 1.54) is 36.6 Å². The molecule has 0 spiro atoms. The van der Waals surface area contributed by atoms with Crippen molar-refractivity contribution in [3.63, 3.8) is 0 Å². The predicted octanol–water partition coefficient (Wildman–Crippen LogP) is 2.90. The van der Waals surface area contributed by atoms with Gasteiger partial charge in [-0.25, -0.2) is 0 Å². The highest BCUT2D eigenvalue weighted by Crippen LogP contribution is 2.54. The average Bonchev–Trinajstić information content (AvgIpc) is 2.61. The van der Waals surface area contributed by atoms with E-state index in [-0.39, 0.29) is 11.1 Å². The Labute approximate surface area is 170 Å². The van der Waals surface area contributed by atoms with E-state index in [4.69, 9.17) is 0 Å². The summed E-state index contributed by atoms with van der Waals surface area (Å²) in [5.74, 6) is -2.26. The third-order valence-electron chi connectivity index (χ3n) is 3.46. The van der Waals surface area contributed by atoms with Crippen molar-refractivity contribution in [2.24, 2.45) is 0 Å². The molecule has 2 aromatic rings. The van der Waals surface area contributed by atoms with Crippen molar-refractivity contribution < 1.29 is 19.8 Å². The van der Waals surface area contributed by atoms with Crippen LogP contribution in [0, 0.1) is 0 Å². The van der Waals surface area contributed by atoms with Crippen LogP contribution < -0.4 is 10.2 Å². The molecule has 6 heteroatoms. The summed E-state index contributed by atoms with van der Waals surface area (Å²) in [4.78, 5) is 20.2. The molecule has 0 amide bonds. The first-order valence-electron chi connectivity index (χ1n) is 8.95. The van der Waals surface area contributed by atoms with Gasteiger partial charge in [-0.3, -0.25) is 0 Å². The molecule has 0 heterocycles. The van der Waals surface area contributed by atoms with E-state index in [9.17, 15) is 19.8 Å². The van der Waals surface area contributed by atoms with E-state index < -0.39 is 26.5 Å². The lowest BCUT2D eigenvalue weighted by molar-refractivity contribution is -0.256. The van der Waals surface area contributed by atoms with E-state index >= 15 is 0 Å². The Morgan fingerprint density at radius 3 is 1.00 bits per heavy atom. The summed E-state index contributed by atoms with van der Waals surface area (Å²) >= 11 is 0. The van der Waals surface area contributed by atoms with Crippen molar-refractivity contribution in [2.75, 3.05) is 52.3 Å². The topological polar surface area (TPSA) is 80.3 Å². The van der Waals surface area contributed by atoms with Gasteiger partial charge in [0.25, 0.3) is 0 Å². The fraction of sp³-hybridized carbons (Fsp3) is 0.364. The maximum Gasteiger partial charge on any atom is 0.0920 e. The van der Waals surface area contributed by atoms with Crippen molar-refractivity contribution in [2.45, 2.75) is 0 Å². The summed E-state index contributed by atoms with van der Waals surface area (Å²) in [7, 11) is -0.969. The minimum Gasteiger partial charge on any atom is -0.545 e. The van der Waals surface area contributed by atoms with Crippen LogP contribution >= 0.6 is 14.5 Å². The minimum absolute atomic E-state index is 0.220. The van der Waals surface area contributed by atoms with Gasteiger partial charge in [-0.2, -0.15) is 0 Å². The largest absolute Gasteiger partial charge is 0.545 e. The summed E-state index contributed by atoms with van der Waals surface area (Å²) in [6.45, 7) is 14.6. The van der Waals surface area contributed by atoms with E-state index in [0.29, 0.717) is 0 Å². The van der Waals surface area contributed by atoms with Gasteiger partial charge in [0, 0.05) is 54.5 Å². The number of carbonyl (C=O) groups is 2. The molecule has 0 fully saturated rings. The van der Waals surface area contributed by atoms with Crippen LogP contribution in [-0.4, -0.2) is 64.3 Å². The maximum absolute atomic E-state index is 10.1. The van der Waals surface area contributed by atoms with Crippen LogP contribution in [0.2, 0.25) is 0 Å². The fourth-order valence-corrected chi connectivity index (χ4v) is 6.55. The lowest BCUT2D eigenvalue weighted by Gasteiger charge is -2.15. The molecule has 0 aliphatic carbocycles. The van der Waals surface area contributed by atoms with E-state index in [1.807, 2.05) is 0 Å². The molecule has 0 saturated heterocycles. The third kappa shape index (κ3) is 15.3. The normalized spacial score (nSPS) is 10.6. The number of carbonyl (C=O) groups excluding carboxylic acids is 2. The number of benzene rings is 2. The molecule has 0 aliphatic heterocycles. The fourth-order valence-electron chi connectivity index (χ4n) is 1.75. The molecule has 0 aromatic heterocycles. The molecule has 2 rings (SSSR count). The lowest BCUT2D eigenvalue weighted by Crippen LogP contribution is -2.21. The van der Waals surface area contributed by atoms with E-state index in [2.05, 4.69) is 40.0 Å². The maximum atomic E-state index is 10.1. The van der Waals surface area contributed by atoms with Crippen LogP contribution in [0.15, 0.2) is 60.7 Å². The van der Waals surface area contributed by atoms with E-state index in [0.717, 1.165) is 0 Å². The number of carboxylic acids is 2. The monoisotopic (exact) mass is 422 g/mol. The van der Waals surface area contributed by atoms with Gasteiger partial charge in [-0.15, -0.1) is 0 Å². The third-order valence-corrected chi connectivity index (χ3v) is 6.94. The van der Waals surface area contributed by atoms with Crippen LogP contribution in [-0.2, 0) is 0 Å². The number of hydrogen-bond acceptors (Lipinski definition) is 4. The molecular weight excluding hydrogens is 390 g/mol. The minimum atomic E-state index is -1.13. The highest BCUT2D eigenvalue weighted by molar-refractivity contribution is 7.77. The quantitative estimate of drug-likeness (QED) is 0.694. The molecule has 2 aromatic carbocycles. The molecule has 0 saturated carbocycles. The van der Waals surface area contributed by atoms with Gasteiger partial charge in [0.1, 0.15) is 0 Å². The summed E-state index contributed by atoms with van der Waals surface area (Å²) in [6.07, 6.45) is 2.98. The predicted molar refractivity (Wildman–Crippen MR) is 121 cm³/mol. The lowest BCUT2D eigenvalue weighted by atomic mass is 10.2. The smallest absolute Gasteiger partial charge is 0.0920 e.